The standard InChI is InChI=1S/C20H16ClF5N4O3/c21-14-8-12(2-3-15(14)22)30-13(9-18(29-30)20(24,25)26)10-27-19(32)28-11-1-4-17(16(23)7-11)33-6-5-31/h1-4,7-9,31H,5-6,10H2,(H2,27,28,32). The predicted octanol–water partition coefficient (Wildman–Crippen LogP) is 4.52. The number of aliphatic hydroxyl groups is 1. The number of nitrogens with one attached hydrogen (secondary N) is 2. The second-order valence-corrected chi connectivity index (χ2v) is 6.96. The highest BCUT2D eigenvalue weighted by Crippen LogP contribution is 2.30. The number of urea groups is 1. The third kappa shape index (κ3) is 6.11. The molecular formula is C20H16ClF5N4O3. The number of carbonyl (C=O) groups excluding carboxylic acids is 1. The van der Waals surface area contributed by atoms with Crippen LogP contribution in [-0.4, -0.2) is 34.1 Å². The van der Waals surface area contributed by atoms with Crippen molar-refractivity contribution >= 4 is 23.3 Å². The van der Waals surface area contributed by atoms with Gasteiger partial charge in [-0.25, -0.2) is 18.3 Å². The smallest absolute Gasteiger partial charge is 0.435 e. The van der Waals surface area contributed by atoms with Crippen LogP contribution in [0.1, 0.15) is 11.4 Å². The summed E-state index contributed by atoms with van der Waals surface area (Å²) in [6, 6.07) is 6.68. The molecule has 0 bridgehead atoms. The maximum Gasteiger partial charge on any atom is 0.435 e. The number of benzene rings is 2. The van der Waals surface area contributed by atoms with Crippen LogP contribution in [0.2, 0.25) is 5.02 Å². The summed E-state index contributed by atoms with van der Waals surface area (Å²) < 4.78 is 72.7. The summed E-state index contributed by atoms with van der Waals surface area (Å²) in [5.41, 5.74) is -1.19. The molecule has 0 atom stereocenters. The summed E-state index contributed by atoms with van der Waals surface area (Å²) in [6.45, 7) is -0.820. The highest BCUT2D eigenvalue weighted by atomic mass is 35.5. The average molecular weight is 491 g/mol. The molecule has 2 amide bonds. The number of halogens is 6. The van der Waals surface area contributed by atoms with Gasteiger partial charge in [-0.15, -0.1) is 0 Å². The summed E-state index contributed by atoms with van der Waals surface area (Å²) in [4.78, 5) is 12.2. The molecule has 176 valence electrons. The maximum absolute atomic E-state index is 14.0. The monoisotopic (exact) mass is 490 g/mol. The van der Waals surface area contributed by atoms with Gasteiger partial charge in [0.1, 0.15) is 12.4 Å². The molecule has 0 saturated carbocycles. The molecule has 3 N–H and O–H groups in total. The molecule has 0 aliphatic heterocycles. The molecule has 7 nitrogen and oxygen atoms in total. The lowest BCUT2D eigenvalue weighted by Crippen LogP contribution is -2.29. The normalized spacial score (nSPS) is 11.4. The Labute approximate surface area is 188 Å². The second-order valence-electron chi connectivity index (χ2n) is 6.55. The average Bonchev–Trinajstić information content (AvgIpc) is 3.18. The molecule has 0 radical (unpaired) electrons. The van der Waals surface area contributed by atoms with Crippen molar-refractivity contribution in [2.45, 2.75) is 12.7 Å². The summed E-state index contributed by atoms with van der Waals surface area (Å²) in [5.74, 6) is -1.68. The van der Waals surface area contributed by atoms with Gasteiger partial charge in [-0.3, -0.25) is 0 Å². The number of nitrogens with zero attached hydrogens (tertiary/aromatic N) is 2. The van der Waals surface area contributed by atoms with Crippen LogP contribution in [0.25, 0.3) is 5.69 Å². The van der Waals surface area contributed by atoms with E-state index >= 15 is 0 Å². The Morgan fingerprint density at radius 2 is 1.88 bits per heavy atom. The molecule has 0 aliphatic carbocycles. The Morgan fingerprint density at radius 1 is 1.12 bits per heavy atom. The topological polar surface area (TPSA) is 88.4 Å². The predicted molar refractivity (Wildman–Crippen MR) is 108 cm³/mol. The summed E-state index contributed by atoms with van der Waals surface area (Å²) >= 11 is 5.71. The van der Waals surface area contributed by atoms with Gasteiger partial charge < -0.3 is 20.5 Å². The van der Waals surface area contributed by atoms with E-state index in [0.717, 1.165) is 28.9 Å². The van der Waals surface area contributed by atoms with Crippen molar-refractivity contribution in [2.75, 3.05) is 18.5 Å². The lowest BCUT2D eigenvalue weighted by Gasteiger charge is -2.11. The van der Waals surface area contributed by atoms with E-state index in [1.165, 1.54) is 18.2 Å². The number of ether oxygens (including phenoxy) is 1. The second kappa shape index (κ2) is 10.0. The van der Waals surface area contributed by atoms with Gasteiger partial charge in [0.05, 0.1) is 29.6 Å². The first-order valence-corrected chi connectivity index (χ1v) is 9.66. The molecule has 0 aliphatic rings. The summed E-state index contributed by atoms with van der Waals surface area (Å²) in [5, 5.41) is 16.6. The van der Waals surface area contributed by atoms with Crippen LogP contribution in [0.4, 0.5) is 32.4 Å². The quantitative estimate of drug-likeness (QED) is 0.425. The molecule has 0 fully saturated rings. The minimum Gasteiger partial charge on any atom is -0.488 e. The van der Waals surface area contributed by atoms with E-state index in [9.17, 15) is 26.7 Å². The van der Waals surface area contributed by atoms with E-state index in [2.05, 4.69) is 15.7 Å². The molecule has 3 rings (SSSR count). The van der Waals surface area contributed by atoms with Crippen molar-refractivity contribution in [3.8, 4) is 11.4 Å². The molecule has 1 aromatic heterocycles. The first-order chi connectivity index (χ1) is 15.6. The van der Waals surface area contributed by atoms with Gasteiger partial charge in [0.15, 0.2) is 17.3 Å². The van der Waals surface area contributed by atoms with E-state index in [4.69, 9.17) is 21.4 Å². The largest absolute Gasteiger partial charge is 0.488 e. The minimum absolute atomic E-state index is 0.0506. The zero-order valence-corrected chi connectivity index (χ0v) is 17.3. The van der Waals surface area contributed by atoms with Crippen molar-refractivity contribution in [3.05, 3.63) is 70.5 Å². The van der Waals surface area contributed by atoms with Crippen molar-refractivity contribution in [3.63, 3.8) is 0 Å². The van der Waals surface area contributed by atoms with Crippen LogP contribution in [0, 0.1) is 11.6 Å². The van der Waals surface area contributed by atoms with E-state index in [-0.39, 0.29) is 41.1 Å². The molecule has 0 spiro atoms. The fraction of sp³-hybridized carbons (Fsp3) is 0.200. The van der Waals surface area contributed by atoms with E-state index < -0.39 is 36.1 Å². The highest BCUT2D eigenvalue weighted by Gasteiger charge is 2.35. The van der Waals surface area contributed by atoms with Crippen LogP contribution < -0.4 is 15.4 Å². The van der Waals surface area contributed by atoms with Crippen LogP contribution >= 0.6 is 11.6 Å². The lowest BCUT2D eigenvalue weighted by atomic mass is 10.3. The number of carbonyl (C=O) groups is 1. The van der Waals surface area contributed by atoms with Gasteiger partial charge >= 0.3 is 12.2 Å². The van der Waals surface area contributed by atoms with Crippen molar-refractivity contribution < 1.29 is 36.6 Å². The molecule has 1 heterocycles. The van der Waals surface area contributed by atoms with Crippen LogP contribution in [0.5, 0.6) is 5.75 Å². The summed E-state index contributed by atoms with van der Waals surface area (Å²) in [7, 11) is 0. The van der Waals surface area contributed by atoms with Crippen molar-refractivity contribution in [1.29, 1.82) is 0 Å². The first-order valence-electron chi connectivity index (χ1n) is 9.28. The molecule has 13 heteroatoms. The number of hydrogen-bond acceptors (Lipinski definition) is 4. The van der Waals surface area contributed by atoms with Crippen LogP contribution in [0.3, 0.4) is 0 Å². The summed E-state index contributed by atoms with van der Waals surface area (Å²) in [6.07, 6.45) is -4.76. The zero-order valence-electron chi connectivity index (χ0n) is 16.6. The Hall–Kier alpha value is -3.38. The Kier molecular flexibility index (Phi) is 7.39. The fourth-order valence-electron chi connectivity index (χ4n) is 2.72. The van der Waals surface area contributed by atoms with Gasteiger partial charge in [-0.2, -0.15) is 18.3 Å². The van der Waals surface area contributed by atoms with Gasteiger partial charge in [-0.1, -0.05) is 11.6 Å². The Bertz CT molecular complexity index is 1150. The van der Waals surface area contributed by atoms with Crippen molar-refractivity contribution in [1.82, 2.24) is 15.1 Å². The van der Waals surface area contributed by atoms with E-state index in [1.54, 1.807) is 0 Å². The van der Waals surface area contributed by atoms with Crippen LogP contribution in [0.15, 0.2) is 42.5 Å². The van der Waals surface area contributed by atoms with Crippen molar-refractivity contribution in [2.24, 2.45) is 0 Å². The zero-order chi connectivity index (χ0) is 24.2. The molecule has 3 aromatic rings. The minimum atomic E-state index is -4.76. The number of aliphatic hydroxyl groups excluding tert-OH is 1. The van der Waals surface area contributed by atoms with Gasteiger partial charge in [0.2, 0.25) is 0 Å². The Morgan fingerprint density at radius 3 is 2.52 bits per heavy atom. The number of aromatic nitrogens is 2. The molecule has 0 unspecified atom stereocenters. The molecule has 2 aromatic carbocycles. The Balaban J connectivity index is 1.75. The number of hydrogen-bond donors (Lipinski definition) is 3. The molecular weight excluding hydrogens is 475 g/mol. The SMILES string of the molecule is O=C(NCc1cc(C(F)(F)F)nn1-c1ccc(F)c(Cl)c1)Nc1ccc(OCCO)c(F)c1. The fourth-order valence-corrected chi connectivity index (χ4v) is 2.90. The number of amides is 2. The maximum atomic E-state index is 14.0. The third-order valence-electron chi connectivity index (χ3n) is 4.19. The third-order valence-corrected chi connectivity index (χ3v) is 4.48. The van der Waals surface area contributed by atoms with Gasteiger partial charge in [0, 0.05) is 11.8 Å². The van der Waals surface area contributed by atoms with Gasteiger partial charge in [0.25, 0.3) is 0 Å². The number of rotatable bonds is 7. The lowest BCUT2D eigenvalue weighted by molar-refractivity contribution is -0.141. The van der Waals surface area contributed by atoms with E-state index in [0.29, 0.717) is 0 Å². The van der Waals surface area contributed by atoms with Crippen LogP contribution in [-0.2, 0) is 12.7 Å². The van der Waals surface area contributed by atoms with E-state index in [1.807, 2.05) is 0 Å². The number of alkyl halides is 3. The number of anilines is 1. The first kappa shape index (κ1) is 24.3. The highest BCUT2D eigenvalue weighted by molar-refractivity contribution is 6.30. The molecule has 0 saturated heterocycles. The molecule has 33 heavy (non-hydrogen) atoms. The van der Waals surface area contributed by atoms with Gasteiger partial charge in [-0.05, 0) is 36.4 Å².